The van der Waals surface area contributed by atoms with Crippen LogP contribution < -0.4 is 103 Å². The molecular weight excluding hydrogens is 226 g/mol. The summed E-state index contributed by atoms with van der Waals surface area (Å²) in [5.74, 6) is -2.15. The van der Waals surface area contributed by atoms with E-state index in [1.807, 2.05) is 0 Å². The summed E-state index contributed by atoms with van der Waals surface area (Å²) in [6, 6.07) is 0. The van der Waals surface area contributed by atoms with Crippen molar-refractivity contribution in [2.24, 2.45) is 0 Å². The van der Waals surface area contributed by atoms with E-state index in [0.717, 1.165) is 0 Å². The van der Waals surface area contributed by atoms with Gasteiger partial charge in [-0.15, -0.1) is 12.4 Å². The average Bonchev–Trinajstić information content (AvgIpc) is 1.61. The van der Waals surface area contributed by atoms with Crippen molar-refractivity contribution >= 4 is 24.3 Å². The van der Waals surface area contributed by atoms with Crippen molar-refractivity contribution < 1.29 is 125 Å². The van der Waals surface area contributed by atoms with Gasteiger partial charge in [0.15, 0.2) is 0 Å². The monoisotopic (exact) mass is 234 g/mol. The third-order valence-electron chi connectivity index (χ3n) is 0.553. The molecule has 0 aliphatic carbocycles. The van der Waals surface area contributed by atoms with Crippen LogP contribution in [0.1, 0.15) is 15.7 Å². The zero-order valence-corrected chi connectivity index (χ0v) is 13.6. The van der Waals surface area contributed by atoms with Gasteiger partial charge in [-0.3, -0.25) is 9.59 Å². The molecular formula is C4H9ClK2O4. The molecule has 0 aliphatic heterocycles. The Morgan fingerprint density at radius 1 is 1.00 bits per heavy atom. The molecule has 2 N–H and O–H groups in total. The molecule has 0 aromatic heterocycles. The zero-order valence-electron chi connectivity index (χ0n) is 8.53. The van der Waals surface area contributed by atoms with Gasteiger partial charge in [0.25, 0.3) is 0 Å². The van der Waals surface area contributed by atoms with Gasteiger partial charge in [0.05, 0.1) is 12.8 Å². The summed E-state index contributed by atoms with van der Waals surface area (Å²) < 4.78 is 0. The minimum Gasteiger partial charge on any atom is -1.00 e. The number of carboxylic acid groups (broad SMARTS) is 2. The quantitative estimate of drug-likeness (QED) is 0.478. The molecule has 0 spiro atoms. The first-order chi connectivity index (χ1) is 3.63. The molecule has 58 valence electrons. The van der Waals surface area contributed by atoms with Gasteiger partial charge in [-0.2, -0.15) is 0 Å². The first-order valence-corrected chi connectivity index (χ1v) is 2.06. The van der Waals surface area contributed by atoms with Crippen molar-refractivity contribution in [3.05, 3.63) is 0 Å². The Balaban J connectivity index is -0.0000000245. The van der Waals surface area contributed by atoms with E-state index in [2.05, 4.69) is 0 Å². The van der Waals surface area contributed by atoms with E-state index < -0.39 is 11.9 Å². The molecule has 0 aromatic carbocycles. The molecule has 4 nitrogen and oxygen atoms in total. The second-order valence-corrected chi connectivity index (χ2v) is 1.29. The van der Waals surface area contributed by atoms with Gasteiger partial charge in [0, 0.05) is 0 Å². The summed E-state index contributed by atoms with van der Waals surface area (Å²) in [5, 5.41) is 15.8. The number of halogens is 1. The Morgan fingerprint density at radius 2 is 1.18 bits per heavy atom. The third-order valence-corrected chi connectivity index (χ3v) is 0.553. The van der Waals surface area contributed by atoms with Gasteiger partial charge in [-0.05, 0) is 0 Å². The Morgan fingerprint density at radius 3 is 1.27 bits per heavy atom. The Bertz CT molecular complexity index is 113. The Kier molecular flexibility index (Phi) is 31.9. The molecule has 0 heterocycles. The SMILES string of the molecule is Cl.O=C(O)CCC(=O)O.[H-].[H-].[K+].[K+]. The second-order valence-electron chi connectivity index (χ2n) is 1.29. The predicted octanol–water partition coefficient (Wildman–Crippen LogP) is -5.41. The first kappa shape index (κ1) is 23.4. The number of rotatable bonds is 3. The van der Waals surface area contributed by atoms with E-state index in [1.54, 1.807) is 0 Å². The number of hydrogen-bond acceptors (Lipinski definition) is 2. The van der Waals surface area contributed by atoms with E-state index >= 15 is 0 Å². The summed E-state index contributed by atoms with van der Waals surface area (Å²) in [7, 11) is 0. The summed E-state index contributed by atoms with van der Waals surface area (Å²) >= 11 is 0. The van der Waals surface area contributed by atoms with E-state index in [0.29, 0.717) is 0 Å². The number of carbonyl (C=O) groups is 2. The molecule has 0 saturated carbocycles. The maximum atomic E-state index is 9.64. The van der Waals surface area contributed by atoms with Gasteiger partial charge >= 0.3 is 115 Å². The molecule has 0 radical (unpaired) electrons. The van der Waals surface area contributed by atoms with Gasteiger partial charge < -0.3 is 13.1 Å². The molecule has 0 aliphatic rings. The van der Waals surface area contributed by atoms with Gasteiger partial charge in [0.2, 0.25) is 0 Å². The van der Waals surface area contributed by atoms with E-state index in [9.17, 15) is 9.59 Å². The summed E-state index contributed by atoms with van der Waals surface area (Å²) in [5.41, 5.74) is 0. The van der Waals surface area contributed by atoms with Gasteiger partial charge in [-0.1, -0.05) is 0 Å². The molecule has 0 bridgehead atoms. The van der Waals surface area contributed by atoms with E-state index in [1.165, 1.54) is 0 Å². The summed E-state index contributed by atoms with van der Waals surface area (Å²) in [6.45, 7) is 0. The molecule has 0 atom stereocenters. The van der Waals surface area contributed by atoms with Gasteiger partial charge in [0.1, 0.15) is 0 Å². The van der Waals surface area contributed by atoms with Crippen molar-refractivity contribution in [1.29, 1.82) is 0 Å². The van der Waals surface area contributed by atoms with Crippen LogP contribution in [-0.4, -0.2) is 22.2 Å². The number of aliphatic carboxylic acids is 2. The van der Waals surface area contributed by atoms with Crippen LogP contribution in [0.3, 0.4) is 0 Å². The van der Waals surface area contributed by atoms with Crippen LogP contribution in [0.25, 0.3) is 0 Å². The summed E-state index contributed by atoms with van der Waals surface area (Å²) in [6.07, 6.45) is -0.593. The number of hydrogen-bond donors (Lipinski definition) is 2. The van der Waals surface area contributed by atoms with Crippen LogP contribution in [-0.2, 0) is 9.59 Å². The van der Waals surface area contributed by atoms with E-state index in [4.69, 9.17) is 10.2 Å². The minimum absolute atomic E-state index is 0. The van der Waals surface area contributed by atoms with Crippen LogP contribution in [0.2, 0.25) is 0 Å². The number of carboxylic acids is 2. The topological polar surface area (TPSA) is 74.6 Å². The van der Waals surface area contributed by atoms with Crippen molar-refractivity contribution in [2.75, 3.05) is 0 Å². The van der Waals surface area contributed by atoms with Crippen LogP contribution in [0.4, 0.5) is 0 Å². The Hall–Kier alpha value is 2.50. The largest absolute Gasteiger partial charge is 1.00 e. The molecule has 0 rings (SSSR count). The predicted molar refractivity (Wildman–Crippen MR) is 34.0 cm³/mol. The smallest absolute Gasteiger partial charge is 1.00 e. The van der Waals surface area contributed by atoms with Crippen molar-refractivity contribution in [2.45, 2.75) is 12.8 Å². The molecule has 0 unspecified atom stereocenters. The van der Waals surface area contributed by atoms with Gasteiger partial charge in [-0.25, -0.2) is 0 Å². The molecule has 11 heavy (non-hydrogen) atoms. The fourth-order valence-electron chi connectivity index (χ4n) is 0.214. The average molecular weight is 235 g/mol. The van der Waals surface area contributed by atoms with Crippen LogP contribution in [0.15, 0.2) is 0 Å². The third kappa shape index (κ3) is 24.5. The fraction of sp³-hybridized carbons (Fsp3) is 0.500. The van der Waals surface area contributed by atoms with Crippen LogP contribution in [0.5, 0.6) is 0 Å². The van der Waals surface area contributed by atoms with Crippen molar-refractivity contribution in [3.8, 4) is 0 Å². The van der Waals surface area contributed by atoms with Crippen LogP contribution >= 0.6 is 12.4 Å². The standard InChI is InChI=1S/C4H6O4.ClH.2K.2H/c5-3(6)1-2-4(7)8;;;;;/h1-2H2,(H,5,6)(H,7,8);1H;;;;/q;;2*+1;2*-1. The molecule has 7 heteroatoms. The molecule has 0 saturated heterocycles. The van der Waals surface area contributed by atoms with Crippen molar-refractivity contribution in [1.82, 2.24) is 0 Å². The molecule has 0 aromatic rings. The summed E-state index contributed by atoms with van der Waals surface area (Å²) in [4.78, 5) is 19.3. The maximum Gasteiger partial charge on any atom is 1.00 e. The normalized spacial score (nSPS) is 6.18. The molecule has 0 fully saturated rings. The second kappa shape index (κ2) is 15.0. The first-order valence-electron chi connectivity index (χ1n) is 2.06. The van der Waals surface area contributed by atoms with Crippen molar-refractivity contribution in [3.63, 3.8) is 0 Å². The Labute approximate surface area is 159 Å². The maximum absolute atomic E-state index is 9.64. The van der Waals surface area contributed by atoms with Crippen LogP contribution in [0, 0.1) is 0 Å². The van der Waals surface area contributed by atoms with E-state index in [-0.39, 0.29) is 131 Å². The zero-order chi connectivity index (χ0) is 6.57. The molecule has 0 amide bonds. The fourth-order valence-corrected chi connectivity index (χ4v) is 0.214. The minimum atomic E-state index is -1.08.